The van der Waals surface area contributed by atoms with Gasteiger partial charge in [0.05, 0.1) is 11.7 Å². The van der Waals surface area contributed by atoms with Crippen LogP contribution < -0.4 is 0 Å². The van der Waals surface area contributed by atoms with Crippen molar-refractivity contribution in [3.8, 4) is 11.1 Å². The Labute approximate surface area is 137 Å². The summed E-state index contributed by atoms with van der Waals surface area (Å²) in [6, 6.07) is 7.82. The van der Waals surface area contributed by atoms with Crippen molar-refractivity contribution in [3.05, 3.63) is 48.3 Å². The van der Waals surface area contributed by atoms with Crippen molar-refractivity contribution < 1.29 is 13.6 Å². The fraction of sp³-hybridized carbons (Fsp3) is 0.278. The van der Waals surface area contributed by atoms with Crippen LogP contribution in [0.1, 0.15) is 30.9 Å². The van der Waals surface area contributed by atoms with Crippen molar-refractivity contribution >= 4 is 17.3 Å². The molecule has 122 valence electrons. The molecular weight excluding hydrogens is 312 g/mol. The summed E-state index contributed by atoms with van der Waals surface area (Å²) in [5.74, 6) is 0.330. The minimum atomic E-state index is -2.51. The monoisotopic (exact) mass is 327 g/mol. The number of halogens is 2. The Kier molecular flexibility index (Phi) is 3.59. The van der Waals surface area contributed by atoms with Gasteiger partial charge in [0.1, 0.15) is 17.8 Å². The van der Waals surface area contributed by atoms with Crippen LogP contribution >= 0.6 is 0 Å². The third-order valence-electron chi connectivity index (χ3n) is 4.45. The maximum absolute atomic E-state index is 12.9. The lowest BCUT2D eigenvalue weighted by Crippen LogP contribution is -2.13. The van der Waals surface area contributed by atoms with Crippen LogP contribution in [0.15, 0.2) is 42.7 Å². The number of carbonyl (C=O) groups excluding carboxylic acids is 1. The summed E-state index contributed by atoms with van der Waals surface area (Å²) in [7, 11) is 0. The summed E-state index contributed by atoms with van der Waals surface area (Å²) in [5, 5.41) is 4.31. The number of hydrogen-bond acceptors (Lipinski definition) is 3. The summed E-state index contributed by atoms with van der Waals surface area (Å²) in [5.41, 5.74) is 2.82. The molecule has 3 aromatic rings. The van der Waals surface area contributed by atoms with Crippen LogP contribution in [0.4, 0.5) is 8.78 Å². The molecular formula is C18H15F2N3O. The Bertz CT molecular complexity index is 902. The second kappa shape index (κ2) is 5.78. The van der Waals surface area contributed by atoms with E-state index in [-0.39, 0.29) is 11.6 Å². The topological polar surface area (TPSA) is 47.8 Å². The van der Waals surface area contributed by atoms with E-state index in [0.29, 0.717) is 17.0 Å². The molecule has 0 aliphatic heterocycles. The highest BCUT2D eigenvalue weighted by molar-refractivity contribution is 5.81. The minimum Gasteiger partial charge on any atom is -0.301 e. The molecule has 1 aromatic carbocycles. The molecule has 1 aliphatic rings. The highest BCUT2D eigenvalue weighted by atomic mass is 19.3. The van der Waals surface area contributed by atoms with Crippen LogP contribution in [0.2, 0.25) is 0 Å². The standard InChI is InChI=1S/C18H15F2N3O/c19-18(20)13-3-1-2-12(6-13)14-7-16-15(21-8-14)9-22-23(16)17(10-24)11-4-5-11/h1-3,6-11,17-18H,4-5H2/t17-/m1/s1. The molecule has 2 aromatic heterocycles. The third kappa shape index (κ3) is 2.58. The van der Waals surface area contributed by atoms with Gasteiger partial charge < -0.3 is 4.79 Å². The average Bonchev–Trinajstić information content (AvgIpc) is 3.35. The van der Waals surface area contributed by atoms with Gasteiger partial charge in [0.15, 0.2) is 0 Å². The average molecular weight is 327 g/mol. The molecule has 0 bridgehead atoms. The van der Waals surface area contributed by atoms with Gasteiger partial charge in [-0.1, -0.05) is 18.2 Å². The number of pyridine rings is 1. The van der Waals surface area contributed by atoms with Crippen molar-refractivity contribution in [2.45, 2.75) is 25.3 Å². The maximum Gasteiger partial charge on any atom is 0.263 e. The molecule has 1 atom stereocenters. The van der Waals surface area contributed by atoms with Gasteiger partial charge >= 0.3 is 0 Å². The first-order valence-electron chi connectivity index (χ1n) is 7.84. The summed E-state index contributed by atoms with van der Waals surface area (Å²) in [4.78, 5) is 15.8. The number of aromatic nitrogens is 3. The lowest BCUT2D eigenvalue weighted by atomic mass is 10.0. The van der Waals surface area contributed by atoms with Gasteiger partial charge in [-0.2, -0.15) is 5.10 Å². The van der Waals surface area contributed by atoms with Crippen molar-refractivity contribution in [1.82, 2.24) is 14.8 Å². The van der Waals surface area contributed by atoms with E-state index in [1.54, 1.807) is 29.2 Å². The van der Waals surface area contributed by atoms with Crippen LogP contribution in [0.3, 0.4) is 0 Å². The van der Waals surface area contributed by atoms with E-state index in [1.165, 1.54) is 12.1 Å². The molecule has 24 heavy (non-hydrogen) atoms. The molecule has 0 amide bonds. The van der Waals surface area contributed by atoms with E-state index in [1.807, 2.05) is 6.07 Å². The molecule has 1 saturated carbocycles. The molecule has 0 unspecified atom stereocenters. The van der Waals surface area contributed by atoms with E-state index >= 15 is 0 Å². The molecule has 0 radical (unpaired) electrons. The molecule has 4 rings (SSSR count). The summed E-state index contributed by atoms with van der Waals surface area (Å²) in [6.07, 6.45) is 3.73. The van der Waals surface area contributed by atoms with E-state index in [9.17, 15) is 13.6 Å². The number of hydrogen-bond donors (Lipinski definition) is 0. The third-order valence-corrected chi connectivity index (χ3v) is 4.45. The normalized spacial score (nSPS) is 15.8. The Morgan fingerprint density at radius 2 is 2.00 bits per heavy atom. The fourth-order valence-corrected chi connectivity index (χ4v) is 2.98. The Morgan fingerprint density at radius 1 is 1.17 bits per heavy atom. The predicted molar refractivity (Wildman–Crippen MR) is 85.7 cm³/mol. The van der Waals surface area contributed by atoms with Gasteiger partial charge in [0, 0.05) is 17.3 Å². The fourth-order valence-electron chi connectivity index (χ4n) is 2.98. The van der Waals surface area contributed by atoms with E-state index in [2.05, 4.69) is 10.1 Å². The first kappa shape index (κ1) is 14.9. The number of rotatable bonds is 5. The second-order valence-electron chi connectivity index (χ2n) is 6.11. The predicted octanol–water partition coefficient (Wildman–Crippen LogP) is 4.19. The maximum atomic E-state index is 12.9. The molecule has 1 fully saturated rings. The van der Waals surface area contributed by atoms with Crippen molar-refractivity contribution in [2.24, 2.45) is 5.92 Å². The summed E-state index contributed by atoms with van der Waals surface area (Å²) < 4.78 is 27.5. The first-order valence-corrected chi connectivity index (χ1v) is 7.84. The van der Waals surface area contributed by atoms with Gasteiger partial charge in [-0.05, 0) is 36.5 Å². The van der Waals surface area contributed by atoms with E-state index < -0.39 is 6.43 Å². The lowest BCUT2D eigenvalue weighted by molar-refractivity contribution is -0.111. The van der Waals surface area contributed by atoms with Crippen molar-refractivity contribution in [1.29, 1.82) is 0 Å². The van der Waals surface area contributed by atoms with Crippen LogP contribution in [0.5, 0.6) is 0 Å². The van der Waals surface area contributed by atoms with Gasteiger partial charge in [0.2, 0.25) is 0 Å². The zero-order valence-electron chi connectivity index (χ0n) is 12.8. The van der Waals surface area contributed by atoms with Crippen molar-refractivity contribution in [3.63, 3.8) is 0 Å². The second-order valence-corrected chi connectivity index (χ2v) is 6.11. The quantitative estimate of drug-likeness (QED) is 0.660. The molecule has 1 aliphatic carbocycles. The van der Waals surface area contributed by atoms with Crippen molar-refractivity contribution in [2.75, 3.05) is 0 Å². The van der Waals surface area contributed by atoms with E-state index in [0.717, 1.165) is 30.2 Å². The number of alkyl halides is 2. The molecule has 4 nitrogen and oxygen atoms in total. The highest BCUT2D eigenvalue weighted by Gasteiger charge is 2.33. The Morgan fingerprint density at radius 3 is 2.71 bits per heavy atom. The molecule has 0 spiro atoms. The van der Waals surface area contributed by atoms with Crippen LogP contribution in [0.25, 0.3) is 22.2 Å². The number of carbonyl (C=O) groups is 1. The Hall–Kier alpha value is -2.63. The SMILES string of the molecule is O=C[C@H](C1CC1)n1ncc2ncc(-c3cccc(C(F)F)c3)cc21. The molecule has 0 saturated heterocycles. The van der Waals surface area contributed by atoms with Gasteiger partial charge in [-0.3, -0.25) is 9.67 Å². The van der Waals surface area contributed by atoms with Crippen LogP contribution in [-0.4, -0.2) is 21.1 Å². The summed E-state index contributed by atoms with van der Waals surface area (Å²) >= 11 is 0. The Balaban J connectivity index is 1.80. The van der Waals surface area contributed by atoms with E-state index in [4.69, 9.17) is 0 Å². The zero-order valence-corrected chi connectivity index (χ0v) is 12.8. The minimum absolute atomic E-state index is 0.0233. The number of nitrogens with zero attached hydrogens (tertiary/aromatic N) is 3. The lowest BCUT2D eigenvalue weighted by Gasteiger charge is -2.11. The number of benzene rings is 1. The smallest absolute Gasteiger partial charge is 0.263 e. The first-order chi connectivity index (χ1) is 11.7. The molecule has 2 heterocycles. The largest absolute Gasteiger partial charge is 0.301 e. The van der Waals surface area contributed by atoms with Crippen LogP contribution in [0, 0.1) is 5.92 Å². The summed E-state index contributed by atoms with van der Waals surface area (Å²) in [6.45, 7) is 0. The number of aldehydes is 1. The van der Waals surface area contributed by atoms with Gasteiger partial charge in [0.25, 0.3) is 6.43 Å². The number of fused-ring (bicyclic) bond motifs is 1. The highest BCUT2D eigenvalue weighted by Crippen LogP contribution is 2.39. The zero-order chi connectivity index (χ0) is 16.7. The van der Waals surface area contributed by atoms with Gasteiger partial charge in [-0.25, -0.2) is 8.78 Å². The molecule has 6 heteroatoms. The van der Waals surface area contributed by atoms with Crippen LogP contribution in [-0.2, 0) is 4.79 Å². The van der Waals surface area contributed by atoms with Gasteiger partial charge in [-0.15, -0.1) is 0 Å². The molecule has 0 N–H and O–H groups in total.